The molecule has 0 radical (unpaired) electrons. The van der Waals surface area contributed by atoms with Crippen LogP contribution in [0, 0.1) is 12.3 Å². The summed E-state index contributed by atoms with van der Waals surface area (Å²) in [6.07, 6.45) is -4.09. The van der Waals surface area contributed by atoms with Gasteiger partial charge in [0, 0.05) is 17.4 Å². The van der Waals surface area contributed by atoms with Gasteiger partial charge in [-0.15, -0.1) is 0 Å². The lowest BCUT2D eigenvalue weighted by Gasteiger charge is -2.29. The summed E-state index contributed by atoms with van der Waals surface area (Å²) >= 11 is 0. The molecule has 1 fully saturated rings. The van der Waals surface area contributed by atoms with Gasteiger partial charge in [-0.05, 0) is 56.9 Å². The van der Waals surface area contributed by atoms with Crippen molar-refractivity contribution in [3.05, 3.63) is 45.5 Å². The Bertz CT molecular complexity index is 912. The number of aliphatic hydroxyl groups is 1. The molecule has 0 atom stereocenters. The fourth-order valence-electron chi connectivity index (χ4n) is 3.44. The van der Waals surface area contributed by atoms with Crippen LogP contribution in [-0.2, 0) is 15.8 Å². The third kappa shape index (κ3) is 3.77. The molecule has 0 unspecified atom stereocenters. The van der Waals surface area contributed by atoms with Gasteiger partial charge in [0.05, 0.1) is 5.56 Å². The van der Waals surface area contributed by atoms with Gasteiger partial charge in [-0.1, -0.05) is 25.5 Å². The largest absolute Gasteiger partial charge is 0.506 e. The van der Waals surface area contributed by atoms with Crippen molar-refractivity contribution >= 4 is 22.9 Å². The molecule has 0 saturated heterocycles. The molecule has 1 aromatic carbocycles. The Morgan fingerprint density at radius 2 is 1.68 bits per heavy atom. The van der Waals surface area contributed by atoms with Gasteiger partial charge in [0.1, 0.15) is 11.3 Å². The first-order valence-electron chi connectivity index (χ1n) is 9.07. The van der Waals surface area contributed by atoms with Crippen LogP contribution >= 0.6 is 0 Å². The van der Waals surface area contributed by atoms with E-state index >= 15 is 0 Å². The number of benzene rings is 1. The van der Waals surface area contributed by atoms with Gasteiger partial charge in [0.2, 0.25) is 0 Å². The summed E-state index contributed by atoms with van der Waals surface area (Å²) in [6, 6.07) is 2.02. The Balaban J connectivity index is 2.84. The molecule has 0 spiro atoms. The Labute approximate surface area is 162 Å². The van der Waals surface area contributed by atoms with E-state index in [2.05, 4.69) is 0 Å². The second kappa shape index (κ2) is 7.22. The Morgan fingerprint density at radius 3 is 2.18 bits per heavy atom. The van der Waals surface area contributed by atoms with Crippen molar-refractivity contribution in [1.82, 2.24) is 0 Å². The Kier molecular flexibility index (Phi) is 5.66. The molecule has 0 bridgehead atoms. The van der Waals surface area contributed by atoms with Gasteiger partial charge < -0.3 is 5.11 Å². The third-order valence-corrected chi connectivity index (χ3v) is 5.48. The molecular weight excluding hydrogens is 369 g/mol. The van der Waals surface area contributed by atoms with Gasteiger partial charge in [-0.25, -0.2) is 0 Å². The number of ketones is 2. The summed E-state index contributed by atoms with van der Waals surface area (Å²) < 4.78 is 40.7. The number of hydrogen-bond acceptors (Lipinski definition) is 3. The number of carbonyl (C=O) groups excluding carboxylic acids is 2. The van der Waals surface area contributed by atoms with Crippen molar-refractivity contribution in [1.29, 1.82) is 0 Å². The standard InChI is InChI=1S/C22H25F3O3/c1-11(2)12(3)17-13(4)14(7-8-15(17)22(23,24)25)19(27)18-16(26)9-10-21(5,6)20(18)28/h7-8,27H,9-10H2,1-6H3. The summed E-state index contributed by atoms with van der Waals surface area (Å²) in [5.74, 6) is -1.51. The summed E-state index contributed by atoms with van der Waals surface area (Å²) in [5.41, 5.74) is -0.593. The molecule has 2 rings (SSSR count). The van der Waals surface area contributed by atoms with E-state index in [1.165, 1.54) is 6.92 Å². The minimum atomic E-state index is -4.57. The molecule has 0 aromatic heterocycles. The Morgan fingerprint density at radius 1 is 1.11 bits per heavy atom. The van der Waals surface area contributed by atoms with E-state index in [4.69, 9.17) is 0 Å². The lowest BCUT2D eigenvalue weighted by molar-refractivity contribution is -0.138. The van der Waals surface area contributed by atoms with E-state index in [0.717, 1.165) is 12.1 Å². The minimum absolute atomic E-state index is 0.0351. The average molecular weight is 394 g/mol. The zero-order valence-electron chi connectivity index (χ0n) is 17.0. The van der Waals surface area contributed by atoms with E-state index in [-0.39, 0.29) is 28.7 Å². The first-order valence-corrected chi connectivity index (χ1v) is 9.07. The zero-order chi connectivity index (χ0) is 21.6. The molecule has 28 heavy (non-hydrogen) atoms. The third-order valence-electron chi connectivity index (χ3n) is 5.48. The van der Waals surface area contributed by atoms with Gasteiger partial charge >= 0.3 is 6.18 Å². The lowest BCUT2D eigenvalue weighted by Crippen LogP contribution is -2.35. The quantitative estimate of drug-likeness (QED) is 0.377. The maximum atomic E-state index is 13.6. The van der Waals surface area contributed by atoms with Crippen molar-refractivity contribution in [2.24, 2.45) is 5.41 Å². The number of aliphatic hydroxyl groups excluding tert-OH is 1. The van der Waals surface area contributed by atoms with Crippen molar-refractivity contribution in [2.45, 2.75) is 60.6 Å². The molecule has 0 amide bonds. The monoisotopic (exact) mass is 394 g/mol. The van der Waals surface area contributed by atoms with Gasteiger partial charge in [0.15, 0.2) is 11.6 Å². The fraction of sp³-hybridized carbons (Fsp3) is 0.455. The molecule has 1 saturated carbocycles. The van der Waals surface area contributed by atoms with Crippen LogP contribution in [-0.4, -0.2) is 16.7 Å². The highest BCUT2D eigenvalue weighted by Gasteiger charge is 2.41. The molecular formula is C22H25F3O3. The summed E-state index contributed by atoms with van der Waals surface area (Å²) in [4.78, 5) is 25.1. The Hall–Kier alpha value is -2.37. The van der Waals surface area contributed by atoms with Crippen LogP contribution in [0.2, 0.25) is 0 Å². The first-order chi connectivity index (χ1) is 12.7. The molecule has 1 N–H and O–H groups in total. The summed E-state index contributed by atoms with van der Waals surface area (Å²) in [5, 5.41) is 10.8. The SMILES string of the molecule is CC(C)=C(C)c1c(C(F)(F)F)ccc(C(O)=C2C(=O)CCC(C)(C)C2=O)c1C. The molecule has 6 heteroatoms. The van der Waals surface area contributed by atoms with Crippen LogP contribution in [0.1, 0.15) is 69.7 Å². The predicted octanol–water partition coefficient (Wildman–Crippen LogP) is 6.05. The van der Waals surface area contributed by atoms with E-state index < -0.39 is 34.5 Å². The fourth-order valence-corrected chi connectivity index (χ4v) is 3.44. The van der Waals surface area contributed by atoms with E-state index in [1.54, 1.807) is 34.6 Å². The van der Waals surface area contributed by atoms with Crippen LogP contribution in [0.15, 0.2) is 23.3 Å². The van der Waals surface area contributed by atoms with Crippen molar-refractivity contribution in [3.8, 4) is 0 Å². The van der Waals surface area contributed by atoms with Crippen molar-refractivity contribution in [2.75, 3.05) is 0 Å². The van der Waals surface area contributed by atoms with Gasteiger partial charge in [-0.3, -0.25) is 9.59 Å². The highest BCUT2D eigenvalue weighted by molar-refractivity contribution is 6.27. The number of Topliss-reactive ketones (excluding diaryl/α,β-unsaturated/α-hetero) is 2. The molecule has 0 heterocycles. The topological polar surface area (TPSA) is 54.4 Å². The number of halogens is 3. The number of alkyl halides is 3. The molecule has 1 aliphatic rings. The van der Waals surface area contributed by atoms with Crippen LogP contribution in [0.3, 0.4) is 0 Å². The second-order valence-corrected chi connectivity index (χ2v) is 8.14. The number of hydrogen-bond donors (Lipinski definition) is 1. The first kappa shape index (κ1) is 21.9. The van der Waals surface area contributed by atoms with Crippen LogP contribution in [0.4, 0.5) is 13.2 Å². The second-order valence-electron chi connectivity index (χ2n) is 8.14. The maximum absolute atomic E-state index is 13.6. The molecule has 1 aromatic rings. The highest BCUT2D eigenvalue weighted by Crippen LogP contribution is 2.41. The van der Waals surface area contributed by atoms with E-state index in [9.17, 15) is 27.9 Å². The van der Waals surface area contributed by atoms with Crippen molar-refractivity contribution in [3.63, 3.8) is 0 Å². The maximum Gasteiger partial charge on any atom is 0.417 e. The summed E-state index contributed by atoms with van der Waals surface area (Å²) in [6.45, 7) is 9.83. The summed E-state index contributed by atoms with van der Waals surface area (Å²) in [7, 11) is 0. The van der Waals surface area contributed by atoms with Gasteiger partial charge in [-0.2, -0.15) is 13.2 Å². The van der Waals surface area contributed by atoms with Crippen LogP contribution in [0.5, 0.6) is 0 Å². The molecule has 0 aliphatic heterocycles. The average Bonchev–Trinajstić information content (AvgIpc) is 2.57. The molecule has 152 valence electrons. The highest BCUT2D eigenvalue weighted by atomic mass is 19.4. The van der Waals surface area contributed by atoms with E-state index in [0.29, 0.717) is 17.6 Å². The lowest BCUT2D eigenvalue weighted by atomic mass is 9.72. The molecule has 1 aliphatic carbocycles. The van der Waals surface area contributed by atoms with Crippen LogP contribution in [0.25, 0.3) is 11.3 Å². The zero-order valence-corrected chi connectivity index (χ0v) is 17.0. The van der Waals surface area contributed by atoms with Gasteiger partial charge in [0.25, 0.3) is 0 Å². The van der Waals surface area contributed by atoms with Crippen LogP contribution < -0.4 is 0 Å². The number of allylic oxidation sites excluding steroid dienone is 3. The normalized spacial score (nSPS) is 18.9. The predicted molar refractivity (Wildman–Crippen MR) is 103 cm³/mol. The molecule has 3 nitrogen and oxygen atoms in total. The van der Waals surface area contributed by atoms with Crippen molar-refractivity contribution < 1.29 is 27.9 Å². The number of carbonyl (C=O) groups is 2. The van der Waals surface area contributed by atoms with E-state index in [1.807, 2.05) is 0 Å². The number of rotatable bonds is 2. The smallest absolute Gasteiger partial charge is 0.417 e. The minimum Gasteiger partial charge on any atom is -0.506 e.